The molecule has 1 amide bonds. The van der Waals surface area contributed by atoms with Crippen LogP contribution in [0.2, 0.25) is 0 Å². The van der Waals surface area contributed by atoms with Gasteiger partial charge in [-0.1, -0.05) is 0 Å². The highest BCUT2D eigenvalue weighted by molar-refractivity contribution is 5.78. The van der Waals surface area contributed by atoms with E-state index in [2.05, 4.69) is 10.3 Å². The minimum Gasteiger partial charge on any atom is -0.342 e. The number of likely N-dealkylation sites (N-methyl/N-ethyl adjacent to an activating group) is 1. The van der Waals surface area contributed by atoms with Gasteiger partial charge < -0.3 is 10.2 Å². The fourth-order valence-corrected chi connectivity index (χ4v) is 1.40. The van der Waals surface area contributed by atoms with Crippen LogP contribution in [0.5, 0.6) is 0 Å². The standard InChI is InChI=1S/C13H21N3O/c1-10(2)16(4)13(17)9-15-8-12-7-14-6-5-11(12)3/h5-7,10,15H,8-9H2,1-4H3. The van der Waals surface area contributed by atoms with Gasteiger partial charge in [0.05, 0.1) is 6.54 Å². The van der Waals surface area contributed by atoms with Crippen LogP contribution in [0.25, 0.3) is 0 Å². The Bertz CT molecular complexity index is 377. The molecule has 4 heteroatoms. The smallest absolute Gasteiger partial charge is 0.236 e. The van der Waals surface area contributed by atoms with E-state index in [-0.39, 0.29) is 11.9 Å². The zero-order valence-electron chi connectivity index (χ0n) is 11.0. The van der Waals surface area contributed by atoms with Gasteiger partial charge in [0.25, 0.3) is 0 Å². The van der Waals surface area contributed by atoms with Gasteiger partial charge in [0.1, 0.15) is 0 Å². The summed E-state index contributed by atoms with van der Waals surface area (Å²) in [7, 11) is 1.82. The first-order valence-electron chi connectivity index (χ1n) is 5.88. The van der Waals surface area contributed by atoms with E-state index in [0.717, 1.165) is 5.56 Å². The normalized spacial score (nSPS) is 10.6. The average molecular weight is 235 g/mol. The lowest BCUT2D eigenvalue weighted by Gasteiger charge is -2.21. The Kier molecular flexibility index (Phi) is 5.10. The summed E-state index contributed by atoms with van der Waals surface area (Å²) < 4.78 is 0. The van der Waals surface area contributed by atoms with E-state index < -0.39 is 0 Å². The fourth-order valence-electron chi connectivity index (χ4n) is 1.40. The molecular formula is C13H21N3O. The molecule has 0 aliphatic rings. The highest BCUT2D eigenvalue weighted by Gasteiger charge is 2.10. The topological polar surface area (TPSA) is 45.2 Å². The SMILES string of the molecule is Cc1ccncc1CNCC(=O)N(C)C(C)C. The molecule has 94 valence electrons. The molecular weight excluding hydrogens is 214 g/mol. The van der Waals surface area contributed by atoms with Gasteiger partial charge in [-0.15, -0.1) is 0 Å². The second-order valence-corrected chi connectivity index (χ2v) is 4.50. The van der Waals surface area contributed by atoms with E-state index in [1.165, 1.54) is 5.56 Å². The number of amides is 1. The first-order chi connectivity index (χ1) is 8.02. The molecule has 4 nitrogen and oxygen atoms in total. The first kappa shape index (κ1) is 13.6. The Morgan fingerprint density at radius 2 is 2.24 bits per heavy atom. The molecule has 0 radical (unpaired) electrons. The van der Waals surface area contributed by atoms with E-state index in [4.69, 9.17) is 0 Å². The molecule has 1 heterocycles. The summed E-state index contributed by atoms with van der Waals surface area (Å²) in [5.41, 5.74) is 2.32. The Morgan fingerprint density at radius 3 is 2.82 bits per heavy atom. The van der Waals surface area contributed by atoms with Gasteiger partial charge in [0.2, 0.25) is 5.91 Å². The molecule has 1 rings (SSSR count). The largest absolute Gasteiger partial charge is 0.342 e. The van der Waals surface area contributed by atoms with E-state index in [1.807, 2.05) is 40.1 Å². The number of carbonyl (C=O) groups is 1. The lowest BCUT2D eigenvalue weighted by molar-refractivity contribution is -0.130. The third kappa shape index (κ3) is 4.15. The molecule has 1 aromatic rings. The van der Waals surface area contributed by atoms with Crippen molar-refractivity contribution < 1.29 is 4.79 Å². The predicted octanol–water partition coefficient (Wildman–Crippen LogP) is 1.35. The second-order valence-electron chi connectivity index (χ2n) is 4.50. The van der Waals surface area contributed by atoms with Crippen molar-refractivity contribution in [3.8, 4) is 0 Å². The van der Waals surface area contributed by atoms with Gasteiger partial charge in [0, 0.05) is 32.0 Å². The maximum Gasteiger partial charge on any atom is 0.236 e. The number of aryl methyl sites for hydroxylation is 1. The second kappa shape index (κ2) is 6.35. The highest BCUT2D eigenvalue weighted by atomic mass is 16.2. The van der Waals surface area contributed by atoms with Crippen LogP contribution in [-0.2, 0) is 11.3 Å². The lowest BCUT2D eigenvalue weighted by Crippen LogP contribution is -2.39. The van der Waals surface area contributed by atoms with Crippen molar-refractivity contribution in [3.05, 3.63) is 29.6 Å². The summed E-state index contributed by atoms with van der Waals surface area (Å²) in [5, 5.41) is 3.15. The summed E-state index contributed by atoms with van der Waals surface area (Å²) in [6.07, 6.45) is 3.61. The number of carbonyl (C=O) groups excluding carboxylic acids is 1. The van der Waals surface area contributed by atoms with Crippen molar-refractivity contribution in [1.82, 2.24) is 15.2 Å². The minimum absolute atomic E-state index is 0.113. The van der Waals surface area contributed by atoms with Crippen LogP contribution in [-0.4, -0.2) is 35.4 Å². The third-order valence-electron chi connectivity index (χ3n) is 2.91. The molecule has 1 N–H and O–H groups in total. The summed E-state index contributed by atoms with van der Waals surface area (Å²) in [6, 6.07) is 2.21. The van der Waals surface area contributed by atoms with Crippen molar-refractivity contribution in [3.63, 3.8) is 0 Å². The van der Waals surface area contributed by atoms with Crippen LogP contribution in [0.1, 0.15) is 25.0 Å². The molecule has 0 spiro atoms. The molecule has 0 saturated heterocycles. The zero-order valence-corrected chi connectivity index (χ0v) is 11.0. The Labute approximate surface area is 103 Å². The maximum atomic E-state index is 11.7. The lowest BCUT2D eigenvalue weighted by atomic mass is 10.1. The van der Waals surface area contributed by atoms with Gasteiger partial charge in [-0.3, -0.25) is 9.78 Å². The van der Waals surface area contributed by atoms with Crippen molar-refractivity contribution in [2.75, 3.05) is 13.6 Å². The van der Waals surface area contributed by atoms with E-state index in [9.17, 15) is 4.79 Å². The molecule has 0 fully saturated rings. The minimum atomic E-state index is 0.113. The monoisotopic (exact) mass is 235 g/mol. The number of hydrogen-bond donors (Lipinski definition) is 1. The number of pyridine rings is 1. The highest BCUT2D eigenvalue weighted by Crippen LogP contribution is 2.03. The Hall–Kier alpha value is -1.42. The average Bonchev–Trinajstić information content (AvgIpc) is 2.30. The van der Waals surface area contributed by atoms with Crippen molar-refractivity contribution in [2.45, 2.75) is 33.4 Å². The molecule has 0 aliphatic heterocycles. The van der Waals surface area contributed by atoms with Crippen LogP contribution in [0.15, 0.2) is 18.5 Å². The Morgan fingerprint density at radius 1 is 1.53 bits per heavy atom. The number of nitrogens with one attached hydrogen (secondary N) is 1. The summed E-state index contributed by atoms with van der Waals surface area (Å²) in [4.78, 5) is 17.5. The van der Waals surface area contributed by atoms with E-state index >= 15 is 0 Å². The van der Waals surface area contributed by atoms with Crippen molar-refractivity contribution in [1.29, 1.82) is 0 Å². The zero-order chi connectivity index (χ0) is 12.8. The van der Waals surface area contributed by atoms with Crippen molar-refractivity contribution in [2.24, 2.45) is 0 Å². The summed E-state index contributed by atoms with van der Waals surface area (Å²) >= 11 is 0. The maximum absolute atomic E-state index is 11.7. The third-order valence-corrected chi connectivity index (χ3v) is 2.91. The number of nitrogens with zero attached hydrogens (tertiary/aromatic N) is 2. The van der Waals surface area contributed by atoms with E-state index in [0.29, 0.717) is 13.1 Å². The molecule has 0 atom stereocenters. The molecule has 17 heavy (non-hydrogen) atoms. The Balaban J connectivity index is 2.38. The molecule has 0 saturated carbocycles. The van der Waals surface area contributed by atoms with Gasteiger partial charge in [-0.25, -0.2) is 0 Å². The number of rotatable bonds is 5. The summed E-state index contributed by atoms with van der Waals surface area (Å²) in [5.74, 6) is 0.113. The number of aromatic nitrogens is 1. The van der Waals surface area contributed by atoms with Crippen LogP contribution in [0.4, 0.5) is 0 Å². The van der Waals surface area contributed by atoms with Crippen LogP contribution in [0.3, 0.4) is 0 Å². The molecule has 0 unspecified atom stereocenters. The predicted molar refractivity (Wildman–Crippen MR) is 68.6 cm³/mol. The van der Waals surface area contributed by atoms with Crippen LogP contribution in [0, 0.1) is 6.92 Å². The van der Waals surface area contributed by atoms with Gasteiger partial charge in [0.15, 0.2) is 0 Å². The van der Waals surface area contributed by atoms with Gasteiger partial charge >= 0.3 is 0 Å². The van der Waals surface area contributed by atoms with Gasteiger partial charge in [-0.2, -0.15) is 0 Å². The van der Waals surface area contributed by atoms with Crippen molar-refractivity contribution >= 4 is 5.91 Å². The summed E-state index contributed by atoms with van der Waals surface area (Å²) in [6.45, 7) is 7.09. The number of hydrogen-bond acceptors (Lipinski definition) is 3. The molecule has 0 aliphatic carbocycles. The van der Waals surface area contributed by atoms with Crippen LogP contribution < -0.4 is 5.32 Å². The van der Waals surface area contributed by atoms with Gasteiger partial charge in [-0.05, 0) is 38.0 Å². The first-order valence-corrected chi connectivity index (χ1v) is 5.88. The molecule has 1 aromatic heterocycles. The fraction of sp³-hybridized carbons (Fsp3) is 0.538. The van der Waals surface area contributed by atoms with Crippen LogP contribution >= 0.6 is 0 Å². The van der Waals surface area contributed by atoms with E-state index in [1.54, 1.807) is 11.1 Å². The molecule has 0 aromatic carbocycles. The molecule has 0 bridgehead atoms. The quantitative estimate of drug-likeness (QED) is 0.838.